The van der Waals surface area contributed by atoms with Crippen molar-refractivity contribution in [3.05, 3.63) is 36.4 Å². The van der Waals surface area contributed by atoms with E-state index in [4.69, 9.17) is 15.2 Å². The Morgan fingerprint density at radius 1 is 1.48 bits per heavy atom. The van der Waals surface area contributed by atoms with Crippen molar-refractivity contribution in [1.29, 1.82) is 0 Å². The maximum atomic E-state index is 12.4. The maximum Gasteiger partial charge on any atom is 0.260 e. The average Bonchev–Trinajstić information content (AvgIpc) is 2.60. The summed E-state index contributed by atoms with van der Waals surface area (Å²) < 4.78 is 11.1. The predicted molar refractivity (Wildman–Crippen MR) is 103 cm³/mol. The fraction of sp³-hybridized carbons (Fsp3) is 0.526. The van der Waals surface area contributed by atoms with Gasteiger partial charge in [-0.3, -0.25) is 4.79 Å². The molecule has 1 amide bonds. The third-order valence-electron chi connectivity index (χ3n) is 4.51. The number of nitrogens with two attached hydrogens (primary N) is 1. The number of piperidine rings is 1. The number of likely N-dealkylation sites (tertiary alicyclic amines) is 1. The van der Waals surface area contributed by atoms with Gasteiger partial charge in [-0.15, -0.1) is 19.0 Å². The number of halogens is 1. The molecule has 2 N–H and O–H groups in total. The van der Waals surface area contributed by atoms with E-state index in [1.165, 1.54) is 0 Å². The van der Waals surface area contributed by atoms with E-state index < -0.39 is 0 Å². The summed E-state index contributed by atoms with van der Waals surface area (Å²) >= 11 is 0. The van der Waals surface area contributed by atoms with Crippen LogP contribution in [-0.2, 0) is 11.2 Å². The number of amides is 1. The zero-order valence-electron chi connectivity index (χ0n) is 15.1. The van der Waals surface area contributed by atoms with Gasteiger partial charge < -0.3 is 20.1 Å². The van der Waals surface area contributed by atoms with Crippen molar-refractivity contribution in [2.75, 3.05) is 26.8 Å². The van der Waals surface area contributed by atoms with Gasteiger partial charge in [0.2, 0.25) is 0 Å². The van der Waals surface area contributed by atoms with Crippen molar-refractivity contribution in [2.45, 2.75) is 32.2 Å². The highest BCUT2D eigenvalue weighted by Gasteiger charge is 2.26. The smallest absolute Gasteiger partial charge is 0.260 e. The first-order valence-electron chi connectivity index (χ1n) is 8.49. The molecule has 1 fully saturated rings. The number of carbonyl (C=O) groups is 1. The third kappa shape index (κ3) is 5.94. The topological polar surface area (TPSA) is 64.8 Å². The number of ether oxygens (including phenoxy) is 2. The van der Waals surface area contributed by atoms with Crippen LogP contribution in [0.15, 0.2) is 30.9 Å². The van der Waals surface area contributed by atoms with Crippen molar-refractivity contribution in [3.8, 4) is 11.5 Å². The van der Waals surface area contributed by atoms with E-state index in [1.807, 2.05) is 36.1 Å². The summed E-state index contributed by atoms with van der Waals surface area (Å²) in [4.78, 5) is 14.3. The average molecular weight is 369 g/mol. The fourth-order valence-electron chi connectivity index (χ4n) is 3.02. The molecule has 0 saturated carbocycles. The molecule has 1 aromatic rings. The van der Waals surface area contributed by atoms with Gasteiger partial charge in [-0.25, -0.2) is 0 Å². The summed E-state index contributed by atoms with van der Waals surface area (Å²) in [7, 11) is 1.60. The largest absolute Gasteiger partial charge is 0.493 e. The van der Waals surface area contributed by atoms with Crippen LogP contribution in [0.3, 0.4) is 0 Å². The lowest BCUT2D eigenvalue weighted by molar-refractivity contribution is -0.135. The van der Waals surface area contributed by atoms with Gasteiger partial charge in [-0.05, 0) is 49.8 Å². The molecule has 140 valence electrons. The number of allylic oxidation sites excluding steroid dienone is 1. The van der Waals surface area contributed by atoms with Gasteiger partial charge in [-0.1, -0.05) is 12.1 Å². The van der Waals surface area contributed by atoms with Gasteiger partial charge in [0.25, 0.3) is 5.91 Å². The minimum Gasteiger partial charge on any atom is -0.493 e. The lowest BCUT2D eigenvalue weighted by Crippen LogP contribution is -2.46. The summed E-state index contributed by atoms with van der Waals surface area (Å²) in [6.45, 7) is 7.25. The highest BCUT2D eigenvalue weighted by molar-refractivity contribution is 5.85. The normalized spacial score (nSPS) is 18.0. The van der Waals surface area contributed by atoms with Crippen molar-refractivity contribution < 1.29 is 14.3 Å². The van der Waals surface area contributed by atoms with Crippen LogP contribution in [0.4, 0.5) is 0 Å². The summed E-state index contributed by atoms with van der Waals surface area (Å²) in [6, 6.07) is 5.82. The van der Waals surface area contributed by atoms with Crippen LogP contribution in [0.1, 0.15) is 25.3 Å². The van der Waals surface area contributed by atoms with Crippen molar-refractivity contribution >= 4 is 18.3 Å². The zero-order valence-corrected chi connectivity index (χ0v) is 15.9. The number of methoxy groups -OCH3 is 1. The van der Waals surface area contributed by atoms with Gasteiger partial charge in [0.1, 0.15) is 0 Å². The fourth-order valence-corrected chi connectivity index (χ4v) is 3.02. The first-order chi connectivity index (χ1) is 11.5. The second kappa shape index (κ2) is 10.3. The molecule has 1 aliphatic rings. The van der Waals surface area contributed by atoms with E-state index >= 15 is 0 Å². The molecular formula is C19H29ClN2O3. The number of hydrogen-bond donors (Lipinski definition) is 1. The zero-order chi connectivity index (χ0) is 17.5. The SMILES string of the molecule is C=CCc1ccc(OCC(=O)N2CCCC(C(C)N)C2)c(OC)c1.Cl. The number of benzene rings is 1. The molecule has 25 heavy (non-hydrogen) atoms. The molecule has 1 saturated heterocycles. The quantitative estimate of drug-likeness (QED) is 0.751. The molecule has 2 rings (SSSR count). The molecule has 2 atom stereocenters. The Bertz CT molecular complexity index is 578. The monoisotopic (exact) mass is 368 g/mol. The summed E-state index contributed by atoms with van der Waals surface area (Å²) in [6.07, 6.45) is 4.68. The predicted octanol–water partition coefficient (Wildman–Crippen LogP) is 2.81. The van der Waals surface area contributed by atoms with Crippen LogP contribution in [0.25, 0.3) is 0 Å². The highest BCUT2D eigenvalue weighted by Crippen LogP contribution is 2.28. The Labute approximate surface area is 156 Å². The van der Waals surface area contributed by atoms with E-state index in [0.717, 1.165) is 37.9 Å². The molecule has 1 heterocycles. The molecule has 2 unspecified atom stereocenters. The van der Waals surface area contributed by atoms with E-state index in [1.54, 1.807) is 7.11 Å². The lowest BCUT2D eigenvalue weighted by Gasteiger charge is -2.34. The standard InChI is InChI=1S/C19H28N2O3.ClH/c1-4-6-15-8-9-17(18(11-15)23-3)24-13-19(22)21-10-5-7-16(12-21)14(2)20;/h4,8-9,11,14,16H,1,5-7,10,12-13,20H2,2-3H3;1H. The minimum absolute atomic E-state index is 0. The van der Waals surface area contributed by atoms with Crippen LogP contribution in [0.2, 0.25) is 0 Å². The Morgan fingerprint density at radius 2 is 2.24 bits per heavy atom. The Balaban J connectivity index is 0.00000312. The van der Waals surface area contributed by atoms with E-state index in [2.05, 4.69) is 6.58 Å². The van der Waals surface area contributed by atoms with Gasteiger partial charge in [0.15, 0.2) is 18.1 Å². The second-order valence-corrected chi connectivity index (χ2v) is 6.37. The van der Waals surface area contributed by atoms with Crippen molar-refractivity contribution in [1.82, 2.24) is 4.90 Å². The van der Waals surface area contributed by atoms with Gasteiger partial charge in [0.05, 0.1) is 7.11 Å². The first kappa shape index (κ1) is 21.3. The Hall–Kier alpha value is -1.72. The molecule has 0 spiro atoms. The maximum absolute atomic E-state index is 12.4. The number of hydrogen-bond acceptors (Lipinski definition) is 4. The summed E-state index contributed by atoms with van der Waals surface area (Å²) in [5.74, 6) is 1.58. The highest BCUT2D eigenvalue weighted by atomic mass is 35.5. The molecule has 5 nitrogen and oxygen atoms in total. The summed E-state index contributed by atoms with van der Waals surface area (Å²) in [5, 5.41) is 0. The van der Waals surface area contributed by atoms with Crippen LogP contribution in [0, 0.1) is 5.92 Å². The number of rotatable bonds is 7. The van der Waals surface area contributed by atoms with Gasteiger partial charge in [-0.2, -0.15) is 0 Å². The minimum atomic E-state index is -0.00225. The Kier molecular flexibility index (Phi) is 8.79. The number of carbonyl (C=O) groups excluding carboxylic acids is 1. The van der Waals surface area contributed by atoms with Crippen molar-refractivity contribution in [3.63, 3.8) is 0 Å². The van der Waals surface area contributed by atoms with Crippen LogP contribution < -0.4 is 15.2 Å². The second-order valence-electron chi connectivity index (χ2n) is 6.37. The van der Waals surface area contributed by atoms with Crippen LogP contribution in [0.5, 0.6) is 11.5 Å². The molecule has 6 heteroatoms. The van der Waals surface area contributed by atoms with Crippen molar-refractivity contribution in [2.24, 2.45) is 11.7 Å². The molecule has 0 radical (unpaired) electrons. The lowest BCUT2D eigenvalue weighted by atomic mass is 9.92. The first-order valence-corrected chi connectivity index (χ1v) is 8.49. The Morgan fingerprint density at radius 3 is 2.88 bits per heavy atom. The molecule has 1 aliphatic heterocycles. The third-order valence-corrected chi connectivity index (χ3v) is 4.51. The van der Waals surface area contributed by atoms with Gasteiger partial charge in [0, 0.05) is 19.1 Å². The molecular weight excluding hydrogens is 340 g/mol. The molecule has 0 aliphatic carbocycles. The van der Waals surface area contributed by atoms with Crippen LogP contribution >= 0.6 is 12.4 Å². The molecule has 1 aromatic carbocycles. The van der Waals surface area contributed by atoms with Crippen LogP contribution in [-0.4, -0.2) is 43.7 Å². The molecule has 0 bridgehead atoms. The molecule has 0 aromatic heterocycles. The van der Waals surface area contributed by atoms with E-state index in [0.29, 0.717) is 17.4 Å². The van der Waals surface area contributed by atoms with E-state index in [-0.39, 0.29) is 31.0 Å². The van der Waals surface area contributed by atoms with Gasteiger partial charge >= 0.3 is 0 Å². The van der Waals surface area contributed by atoms with E-state index in [9.17, 15) is 4.79 Å². The number of nitrogens with zero attached hydrogens (tertiary/aromatic N) is 1. The summed E-state index contributed by atoms with van der Waals surface area (Å²) in [5.41, 5.74) is 7.07.